The van der Waals surface area contributed by atoms with Gasteiger partial charge in [-0.3, -0.25) is 0 Å². The molecule has 14 heavy (non-hydrogen) atoms. The Kier molecular flexibility index (Phi) is 2.52. The van der Waals surface area contributed by atoms with Crippen molar-refractivity contribution in [2.45, 2.75) is 13.3 Å². The lowest BCUT2D eigenvalue weighted by Gasteiger charge is -2.09. The summed E-state index contributed by atoms with van der Waals surface area (Å²) in [4.78, 5) is 0. The van der Waals surface area contributed by atoms with Gasteiger partial charge in [0.05, 0.1) is 5.02 Å². The molecule has 1 aromatic rings. The van der Waals surface area contributed by atoms with Crippen molar-refractivity contribution in [3.05, 3.63) is 22.2 Å². The van der Waals surface area contributed by atoms with Gasteiger partial charge in [0.2, 0.25) is 6.79 Å². The van der Waals surface area contributed by atoms with Crippen molar-refractivity contribution >= 4 is 11.6 Å². The molecule has 4 heteroatoms. The van der Waals surface area contributed by atoms with Gasteiger partial charge in [0.1, 0.15) is 0 Å². The maximum Gasteiger partial charge on any atom is 0.231 e. The first-order chi connectivity index (χ1) is 6.74. The lowest BCUT2D eigenvalue weighted by atomic mass is 10.0. The van der Waals surface area contributed by atoms with Gasteiger partial charge in [-0.05, 0) is 30.5 Å². The maximum absolute atomic E-state index is 8.89. The molecular weight excluding hydrogens is 204 g/mol. The van der Waals surface area contributed by atoms with E-state index in [2.05, 4.69) is 0 Å². The van der Waals surface area contributed by atoms with Gasteiger partial charge in [0, 0.05) is 6.61 Å². The van der Waals surface area contributed by atoms with Crippen molar-refractivity contribution in [3.63, 3.8) is 0 Å². The fourth-order valence-electron chi connectivity index (χ4n) is 1.58. The van der Waals surface area contributed by atoms with Gasteiger partial charge in [-0.1, -0.05) is 11.6 Å². The quantitative estimate of drug-likeness (QED) is 0.818. The number of hydrogen-bond acceptors (Lipinski definition) is 3. The third-order valence-electron chi connectivity index (χ3n) is 2.29. The molecule has 0 amide bonds. The van der Waals surface area contributed by atoms with Crippen LogP contribution in [0.15, 0.2) is 6.07 Å². The number of rotatable bonds is 2. The molecule has 76 valence electrons. The smallest absolute Gasteiger partial charge is 0.231 e. The number of aliphatic hydroxyl groups excluding tert-OH is 1. The van der Waals surface area contributed by atoms with E-state index in [0.717, 1.165) is 11.1 Å². The van der Waals surface area contributed by atoms with E-state index in [1.54, 1.807) is 0 Å². The summed E-state index contributed by atoms with van der Waals surface area (Å²) in [6, 6.07) is 1.89. The highest BCUT2D eigenvalue weighted by molar-refractivity contribution is 6.33. The monoisotopic (exact) mass is 214 g/mol. The topological polar surface area (TPSA) is 38.7 Å². The molecule has 0 saturated carbocycles. The molecule has 0 saturated heterocycles. The standard InChI is InChI=1S/C10H11ClO3/c1-6-4-8-10(14-5-13-8)9(11)7(6)2-3-12/h4,12H,2-3,5H2,1H3. The van der Waals surface area contributed by atoms with Gasteiger partial charge in [-0.25, -0.2) is 0 Å². The van der Waals surface area contributed by atoms with Crippen molar-refractivity contribution in [2.75, 3.05) is 13.4 Å². The first kappa shape index (κ1) is 9.62. The molecule has 1 aromatic carbocycles. The average molecular weight is 215 g/mol. The summed E-state index contributed by atoms with van der Waals surface area (Å²) in [6.45, 7) is 2.25. The molecule has 2 rings (SSSR count). The molecule has 0 bridgehead atoms. The molecule has 0 unspecified atom stereocenters. The molecule has 0 aliphatic carbocycles. The fraction of sp³-hybridized carbons (Fsp3) is 0.400. The number of fused-ring (bicyclic) bond motifs is 1. The minimum absolute atomic E-state index is 0.0835. The van der Waals surface area contributed by atoms with Crippen LogP contribution >= 0.6 is 11.6 Å². The Morgan fingerprint density at radius 1 is 1.50 bits per heavy atom. The van der Waals surface area contributed by atoms with E-state index in [4.69, 9.17) is 26.2 Å². The number of halogens is 1. The molecule has 1 heterocycles. The minimum atomic E-state index is 0.0835. The van der Waals surface area contributed by atoms with E-state index in [9.17, 15) is 0 Å². The van der Waals surface area contributed by atoms with Crippen LogP contribution in [0.3, 0.4) is 0 Å². The summed E-state index contributed by atoms with van der Waals surface area (Å²) in [7, 11) is 0. The summed E-state index contributed by atoms with van der Waals surface area (Å²) in [5.74, 6) is 1.29. The lowest BCUT2D eigenvalue weighted by molar-refractivity contribution is 0.174. The van der Waals surface area contributed by atoms with E-state index < -0.39 is 0 Å². The summed E-state index contributed by atoms with van der Waals surface area (Å²) in [5, 5.41) is 9.45. The summed E-state index contributed by atoms with van der Waals surface area (Å²) < 4.78 is 10.5. The number of ether oxygens (including phenoxy) is 2. The van der Waals surface area contributed by atoms with Crippen molar-refractivity contribution in [1.82, 2.24) is 0 Å². The number of benzene rings is 1. The van der Waals surface area contributed by atoms with E-state index >= 15 is 0 Å². The van der Waals surface area contributed by atoms with Crippen molar-refractivity contribution < 1.29 is 14.6 Å². The van der Waals surface area contributed by atoms with Crippen molar-refractivity contribution in [1.29, 1.82) is 0 Å². The Hall–Kier alpha value is -0.930. The highest BCUT2D eigenvalue weighted by Gasteiger charge is 2.21. The third-order valence-corrected chi connectivity index (χ3v) is 2.69. The summed E-state index contributed by atoms with van der Waals surface area (Å²) in [5.41, 5.74) is 1.95. The summed E-state index contributed by atoms with van der Waals surface area (Å²) in [6.07, 6.45) is 0.543. The Morgan fingerprint density at radius 3 is 3.00 bits per heavy atom. The zero-order chi connectivity index (χ0) is 10.1. The van der Waals surface area contributed by atoms with Gasteiger partial charge in [-0.15, -0.1) is 0 Å². The van der Waals surface area contributed by atoms with E-state index in [0.29, 0.717) is 22.9 Å². The summed E-state index contributed by atoms with van der Waals surface area (Å²) >= 11 is 6.12. The molecule has 1 N–H and O–H groups in total. The number of hydrogen-bond donors (Lipinski definition) is 1. The molecular formula is C10H11ClO3. The molecule has 1 aliphatic rings. The third kappa shape index (κ3) is 1.42. The Morgan fingerprint density at radius 2 is 2.29 bits per heavy atom. The maximum atomic E-state index is 8.89. The second-order valence-electron chi connectivity index (χ2n) is 3.19. The van der Waals surface area contributed by atoms with Gasteiger partial charge in [0.25, 0.3) is 0 Å². The number of aliphatic hydroxyl groups is 1. The van der Waals surface area contributed by atoms with Gasteiger partial charge in [-0.2, -0.15) is 0 Å². The van der Waals surface area contributed by atoms with Crippen LogP contribution in [0.1, 0.15) is 11.1 Å². The van der Waals surface area contributed by atoms with Crippen LogP contribution in [0, 0.1) is 6.92 Å². The predicted octanol–water partition coefficient (Wildman–Crippen LogP) is 1.91. The molecule has 3 nitrogen and oxygen atoms in total. The van der Waals surface area contributed by atoms with E-state index in [1.165, 1.54) is 0 Å². The van der Waals surface area contributed by atoms with Gasteiger partial charge < -0.3 is 14.6 Å². The van der Waals surface area contributed by atoms with Crippen LogP contribution < -0.4 is 9.47 Å². The molecule has 0 fully saturated rings. The van der Waals surface area contributed by atoms with E-state index in [1.807, 2.05) is 13.0 Å². The van der Waals surface area contributed by atoms with Gasteiger partial charge >= 0.3 is 0 Å². The highest BCUT2D eigenvalue weighted by atomic mass is 35.5. The lowest BCUT2D eigenvalue weighted by Crippen LogP contribution is -1.96. The van der Waals surface area contributed by atoms with E-state index in [-0.39, 0.29) is 13.4 Å². The van der Waals surface area contributed by atoms with Crippen LogP contribution in [-0.2, 0) is 6.42 Å². The van der Waals surface area contributed by atoms with Gasteiger partial charge in [0.15, 0.2) is 11.5 Å². The largest absolute Gasteiger partial charge is 0.454 e. The average Bonchev–Trinajstić information content (AvgIpc) is 2.60. The van der Waals surface area contributed by atoms with Crippen LogP contribution in [0.5, 0.6) is 11.5 Å². The molecule has 0 aromatic heterocycles. The Labute approximate surface area is 87.2 Å². The predicted molar refractivity (Wildman–Crippen MR) is 53.1 cm³/mol. The minimum Gasteiger partial charge on any atom is -0.454 e. The Bertz CT molecular complexity index is 363. The normalized spacial score (nSPS) is 13.4. The van der Waals surface area contributed by atoms with Crippen LogP contribution in [-0.4, -0.2) is 18.5 Å². The number of aryl methyl sites for hydroxylation is 1. The second-order valence-corrected chi connectivity index (χ2v) is 3.57. The first-order valence-electron chi connectivity index (χ1n) is 4.42. The zero-order valence-electron chi connectivity index (χ0n) is 7.84. The highest BCUT2D eigenvalue weighted by Crippen LogP contribution is 2.42. The zero-order valence-corrected chi connectivity index (χ0v) is 8.60. The second kappa shape index (κ2) is 3.67. The molecule has 0 atom stereocenters. The Balaban J connectivity index is 2.51. The van der Waals surface area contributed by atoms with Crippen molar-refractivity contribution in [2.24, 2.45) is 0 Å². The molecule has 0 spiro atoms. The van der Waals surface area contributed by atoms with Crippen LogP contribution in [0.25, 0.3) is 0 Å². The molecule has 0 radical (unpaired) electrons. The molecule has 1 aliphatic heterocycles. The first-order valence-corrected chi connectivity index (χ1v) is 4.80. The van der Waals surface area contributed by atoms with Crippen LogP contribution in [0.2, 0.25) is 5.02 Å². The fourth-order valence-corrected chi connectivity index (χ4v) is 1.97. The van der Waals surface area contributed by atoms with Crippen LogP contribution in [0.4, 0.5) is 0 Å². The SMILES string of the molecule is Cc1cc2c(c(Cl)c1CCO)OCO2. The van der Waals surface area contributed by atoms with Crippen molar-refractivity contribution in [3.8, 4) is 11.5 Å².